The van der Waals surface area contributed by atoms with Gasteiger partial charge in [-0.15, -0.1) is 0 Å². The number of fused-ring (bicyclic) bond motifs is 1. The Bertz CT molecular complexity index is 1020. The van der Waals surface area contributed by atoms with Gasteiger partial charge in [-0.3, -0.25) is 14.9 Å². The van der Waals surface area contributed by atoms with Crippen molar-refractivity contribution in [1.82, 2.24) is 0 Å². The number of nitrogens with zero attached hydrogens (tertiary/aromatic N) is 1. The molecule has 2 aromatic rings. The van der Waals surface area contributed by atoms with Crippen molar-refractivity contribution < 1.29 is 37.5 Å². The summed E-state index contributed by atoms with van der Waals surface area (Å²) < 4.78 is 41.4. The van der Waals surface area contributed by atoms with Crippen LogP contribution in [0.1, 0.15) is 5.56 Å². The summed E-state index contributed by atoms with van der Waals surface area (Å²) in [5, 5.41) is 13.2. The third-order valence-corrected chi connectivity index (χ3v) is 3.67. The standard InChI is InChI=1S/C18H12F2N2O7/c19-11-2-3-12(20)13(6-11)21-17(23)8-27-18(24)4-1-10-5-15-16(29-9-28-15)7-14(10)22(25)26/h1-7H,8-9H2,(H,21,23)/b4-1+. The number of anilines is 1. The minimum absolute atomic E-state index is 0.0579. The van der Waals surface area contributed by atoms with E-state index in [2.05, 4.69) is 10.1 Å². The SMILES string of the molecule is O=C(COC(=O)/C=C/c1cc2c(cc1[N+](=O)[O-])OCO2)Nc1cc(F)ccc1F. The fraction of sp³-hybridized carbons (Fsp3) is 0.111. The van der Waals surface area contributed by atoms with Crippen LogP contribution in [0.2, 0.25) is 0 Å². The van der Waals surface area contributed by atoms with Gasteiger partial charge in [-0.25, -0.2) is 13.6 Å². The molecule has 150 valence electrons. The molecule has 3 rings (SSSR count). The molecule has 0 saturated carbocycles. The Morgan fingerprint density at radius 2 is 1.93 bits per heavy atom. The molecule has 0 saturated heterocycles. The molecule has 9 nitrogen and oxygen atoms in total. The van der Waals surface area contributed by atoms with Crippen LogP contribution in [0.4, 0.5) is 20.2 Å². The normalized spacial score (nSPS) is 12.1. The summed E-state index contributed by atoms with van der Waals surface area (Å²) in [6.07, 6.45) is 1.99. The molecular formula is C18H12F2N2O7. The molecule has 0 aromatic heterocycles. The van der Waals surface area contributed by atoms with Crippen molar-refractivity contribution in [2.75, 3.05) is 18.7 Å². The van der Waals surface area contributed by atoms with E-state index in [4.69, 9.17) is 9.47 Å². The zero-order valence-corrected chi connectivity index (χ0v) is 14.5. The van der Waals surface area contributed by atoms with Crippen molar-refractivity contribution in [1.29, 1.82) is 0 Å². The number of hydrogen-bond acceptors (Lipinski definition) is 7. The molecule has 0 unspecified atom stereocenters. The summed E-state index contributed by atoms with van der Waals surface area (Å²) in [6, 6.07) is 4.97. The first-order valence-corrected chi connectivity index (χ1v) is 8.01. The number of halogens is 2. The maximum Gasteiger partial charge on any atom is 0.331 e. The summed E-state index contributed by atoms with van der Waals surface area (Å²) in [4.78, 5) is 34.0. The zero-order chi connectivity index (χ0) is 21.0. The largest absolute Gasteiger partial charge is 0.454 e. The lowest BCUT2D eigenvalue weighted by Crippen LogP contribution is -2.20. The van der Waals surface area contributed by atoms with Crippen LogP contribution in [0.25, 0.3) is 6.08 Å². The molecule has 2 aromatic carbocycles. The van der Waals surface area contributed by atoms with Crippen LogP contribution in [0.3, 0.4) is 0 Å². The van der Waals surface area contributed by atoms with Gasteiger partial charge in [0.15, 0.2) is 18.1 Å². The van der Waals surface area contributed by atoms with Crippen LogP contribution in [0.5, 0.6) is 11.5 Å². The average Bonchev–Trinajstić information content (AvgIpc) is 3.14. The van der Waals surface area contributed by atoms with Crippen molar-refractivity contribution in [2.45, 2.75) is 0 Å². The van der Waals surface area contributed by atoms with Crippen LogP contribution < -0.4 is 14.8 Å². The molecule has 0 bridgehead atoms. The van der Waals surface area contributed by atoms with E-state index < -0.39 is 40.7 Å². The molecule has 0 atom stereocenters. The smallest absolute Gasteiger partial charge is 0.331 e. The lowest BCUT2D eigenvalue weighted by Gasteiger charge is -2.06. The fourth-order valence-corrected chi connectivity index (χ4v) is 2.36. The van der Waals surface area contributed by atoms with Crippen molar-refractivity contribution in [3.05, 3.63) is 63.7 Å². The number of nitro benzene ring substituents is 1. The molecule has 0 spiro atoms. The highest BCUT2D eigenvalue weighted by molar-refractivity contribution is 5.95. The number of ether oxygens (including phenoxy) is 3. The van der Waals surface area contributed by atoms with Crippen LogP contribution in [-0.2, 0) is 14.3 Å². The minimum Gasteiger partial charge on any atom is -0.454 e. The lowest BCUT2D eigenvalue weighted by atomic mass is 10.1. The second-order valence-electron chi connectivity index (χ2n) is 5.63. The predicted octanol–water partition coefficient (Wildman–Crippen LogP) is 2.80. The van der Waals surface area contributed by atoms with E-state index in [0.717, 1.165) is 36.4 Å². The summed E-state index contributed by atoms with van der Waals surface area (Å²) in [5.41, 5.74) is -0.669. The number of rotatable bonds is 6. The molecule has 1 amide bonds. The van der Waals surface area contributed by atoms with E-state index in [-0.39, 0.29) is 29.5 Å². The first kappa shape index (κ1) is 19.7. The number of esters is 1. The number of carbonyl (C=O) groups excluding carboxylic acids is 2. The highest BCUT2D eigenvalue weighted by Gasteiger charge is 2.22. The van der Waals surface area contributed by atoms with Crippen molar-refractivity contribution in [3.8, 4) is 11.5 Å². The Labute approximate surface area is 161 Å². The van der Waals surface area contributed by atoms with Crippen molar-refractivity contribution >= 4 is 29.3 Å². The third-order valence-electron chi connectivity index (χ3n) is 3.67. The number of hydrogen-bond donors (Lipinski definition) is 1. The van der Waals surface area contributed by atoms with Crippen LogP contribution in [0, 0.1) is 21.7 Å². The van der Waals surface area contributed by atoms with Crippen LogP contribution in [0.15, 0.2) is 36.4 Å². The fourth-order valence-electron chi connectivity index (χ4n) is 2.36. The minimum atomic E-state index is -0.980. The maximum atomic E-state index is 13.5. The van der Waals surface area contributed by atoms with E-state index in [0.29, 0.717) is 0 Å². The second kappa shape index (κ2) is 8.33. The predicted molar refractivity (Wildman–Crippen MR) is 94.2 cm³/mol. The molecule has 1 aliphatic rings. The Balaban J connectivity index is 1.61. The number of amides is 1. The summed E-state index contributed by atoms with van der Waals surface area (Å²) in [7, 11) is 0. The highest BCUT2D eigenvalue weighted by Crippen LogP contribution is 2.38. The van der Waals surface area contributed by atoms with Gasteiger partial charge in [0, 0.05) is 12.1 Å². The number of benzene rings is 2. The molecule has 1 N–H and O–H groups in total. The van der Waals surface area contributed by atoms with Crippen LogP contribution in [-0.4, -0.2) is 30.2 Å². The van der Waals surface area contributed by atoms with E-state index >= 15 is 0 Å². The van der Waals surface area contributed by atoms with Gasteiger partial charge in [-0.2, -0.15) is 0 Å². The first-order chi connectivity index (χ1) is 13.8. The molecule has 0 aliphatic carbocycles. The van der Waals surface area contributed by atoms with E-state index in [1.807, 2.05) is 0 Å². The Hall–Kier alpha value is -4.02. The van der Waals surface area contributed by atoms with E-state index in [1.54, 1.807) is 0 Å². The van der Waals surface area contributed by atoms with Gasteiger partial charge in [-0.05, 0) is 24.3 Å². The second-order valence-corrected chi connectivity index (χ2v) is 5.63. The molecule has 0 radical (unpaired) electrons. The van der Waals surface area contributed by atoms with Crippen molar-refractivity contribution in [2.24, 2.45) is 0 Å². The molecule has 1 aliphatic heterocycles. The zero-order valence-electron chi connectivity index (χ0n) is 14.5. The topological polar surface area (TPSA) is 117 Å². The summed E-state index contributed by atoms with van der Waals surface area (Å²) >= 11 is 0. The highest BCUT2D eigenvalue weighted by atomic mass is 19.1. The monoisotopic (exact) mass is 406 g/mol. The summed E-state index contributed by atoms with van der Waals surface area (Å²) in [5.74, 6) is -3.01. The van der Waals surface area contributed by atoms with Gasteiger partial charge < -0.3 is 19.5 Å². The number of nitro groups is 1. The number of nitrogens with one attached hydrogen (secondary N) is 1. The van der Waals surface area contributed by atoms with Gasteiger partial charge >= 0.3 is 5.97 Å². The van der Waals surface area contributed by atoms with Crippen LogP contribution >= 0.6 is 0 Å². The van der Waals surface area contributed by atoms with Gasteiger partial charge in [0.2, 0.25) is 6.79 Å². The van der Waals surface area contributed by atoms with Crippen molar-refractivity contribution in [3.63, 3.8) is 0 Å². The molecular weight excluding hydrogens is 394 g/mol. The van der Waals surface area contributed by atoms with E-state index in [9.17, 15) is 28.5 Å². The Kier molecular flexibility index (Phi) is 5.67. The lowest BCUT2D eigenvalue weighted by molar-refractivity contribution is -0.385. The maximum absolute atomic E-state index is 13.5. The summed E-state index contributed by atoms with van der Waals surface area (Å²) in [6.45, 7) is -0.856. The quantitative estimate of drug-likeness (QED) is 0.339. The molecule has 1 heterocycles. The molecule has 0 fully saturated rings. The van der Waals surface area contributed by atoms with E-state index in [1.165, 1.54) is 6.07 Å². The number of carbonyl (C=O) groups is 2. The van der Waals surface area contributed by atoms with Gasteiger partial charge in [-0.1, -0.05) is 0 Å². The molecule has 29 heavy (non-hydrogen) atoms. The van der Waals surface area contributed by atoms with Gasteiger partial charge in [0.05, 0.1) is 22.2 Å². The van der Waals surface area contributed by atoms with Gasteiger partial charge in [0.1, 0.15) is 11.6 Å². The first-order valence-electron chi connectivity index (χ1n) is 8.01. The third kappa shape index (κ3) is 4.83. The molecule has 11 heteroatoms. The Morgan fingerprint density at radius 3 is 2.66 bits per heavy atom. The average molecular weight is 406 g/mol. The van der Waals surface area contributed by atoms with Gasteiger partial charge in [0.25, 0.3) is 11.6 Å². The Morgan fingerprint density at radius 1 is 1.21 bits per heavy atom.